The highest BCUT2D eigenvalue weighted by Gasteiger charge is 2.10. The molecular formula is C20H23FN2O. The van der Waals surface area contributed by atoms with Gasteiger partial charge in [-0.05, 0) is 35.7 Å². The van der Waals surface area contributed by atoms with Crippen molar-refractivity contribution < 1.29 is 9.50 Å². The molecule has 0 saturated carbocycles. The first-order valence-electron chi connectivity index (χ1n) is 8.36. The van der Waals surface area contributed by atoms with Crippen LogP contribution in [0, 0.1) is 5.82 Å². The van der Waals surface area contributed by atoms with Crippen molar-refractivity contribution in [3.63, 3.8) is 0 Å². The molecule has 24 heavy (non-hydrogen) atoms. The number of rotatable bonds is 7. The standard InChI is InChI=1S/C20H23FN2O/c1-2-18(14-24)22-11-16-13-23(20-6-4-3-5-19(16)20)12-15-7-9-17(21)10-8-15/h3-10,13,18,22,24H,2,11-12,14H2,1H3/t18-/m0/s1. The molecule has 1 atom stereocenters. The third-order valence-corrected chi connectivity index (χ3v) is 4.43. The summed E-state index contributed by atoms with van der Waals surface area (Å²) in [7, 11) is 0. The van der Waals surface area contributed by atoms with Gasteiger partial charge in [0.25, 0.3) is 0 Å². The molecule has 0 spiro atoms. The van der Waals surface area contributed by atoms with Crippen LogP contribution in [0.5, 0.6) is 0 Å². The average Bonchev–Trinajstić information content (AvgIpc) is 2.96. The van der Waals surface area contributed by atoms with Crippen LogP contribution in [0.3, 0.4) is 0 Å². The van der Waals surface area contributed by atoms with Crippen LogP contribution in [-0.2, 0) is 13.1 Å². The second-order valence-electron chi connectivity index (χ2n) is 6.09. The second kappa shape index (κ2) is 7.60. The Morgan fingerprint density at radius 3 is 2.58 bits per heavy atom. The molecule has 0 aliphatic rings. The van der Waals surface area contributed by atoms with E-state index in [1.807, 2.05) is 24.3 Å². The van der Waals surface area contributed by atoms with Crippen molar-refractivity contribution in [2.24, 2.45) is 0 Å². The molecular weight excluding hydrogens is 303 g/mol. The van der Waals surface area contributed by atoms with Crippen molar-refractivity contribution in [1.29, 1.82) is 0 Å². The first-order chi connectivity index (χ1) is 11.7. The lowest BCUT2D eigenvalue weighted by Crippen LogP contribution is -2.31. The summed E-state index contributed by atoms with van der Waals surface area (Å²) in [5.74, 6) is -0.212. The first kappa shape index (κ1) is 16.7. The van der Waals surface area contributed by atoms with Crippen LogP contribution < -0.4 is 5.32 Å². The van der Waals surface area contributed by atoms with Gasteiger partial charge in [0.05, 0.1) is 6.61 Å². The number of fused-ring (bicyclic) bond motifs is 1. The van der Waals surface area contributed by atoms with Gasteiger partial charge in [-0.2, -0.15) is 0 Å². The zero-order valence-electron chi connectivity index (χ0n) is 13.9. The maximum absolute atomic E-state index is 13.1. The monoisotopic (exact) mass is 326 g/mol. The van der Waals surface area contributed by atoms with Gasteiger partial charge in [0.1, 0.15) is 5.82 Å². The topological polar surface area (TPSA) is 37.2 Å². The van der Waals surface area contributed by atoms with Crippen molar-refractivity contribution in [2.75, 3.05) is 6.61 Å². The number of benzene rings is 2. The molecule has 0 saturated heterocycles. The summed E-state index contributed by atoms with van der Waals surface area (Å²) in [5, 5.41) is 13.9. The lowest BCUT2D eigenvalue weighted by Gasteiger charge is -2.13. The van der Waals surface area contributed by atoms with Crippen LogP contribution >= 0.6 is 0 Å². The van der Waals surface area contributed by atoms with Crippen molar-refractivity contribution in [3.05, 3.63) is 71.7 Å². The molecule has 0 unspecified atom stereocenters. The highest BCUT2D eigenvalue weighted by molar-refractivity contribution is 5.84. The molecule has 2 aromatic carbocycles. The number of halogens is 1. The Morgan fingerprint density at radius 2 is 1.88 bits per heavy atom. The summed E-state index contributed by atoms with van der Waals surface area (Å²) in [6, 6.07) is 15.0. The van der Waals surface area contributed by atoms with E-state index in [4.69, 9.17) is 0 Å². The van der Waals surface area contributed by atoms with Gasteiger partial charge in [0.15, 0.2) is 0 Å². The summed E-state index contributed by atoms with van der Waals surface area (Å²) in [4.78, 5) is 0. The molecule has 3 nitrogen and oxygen atoms in total. The normalized spacial score (nSPS) is 12.6. The number of aliphatic hydroxyl groups excluding tert-OH is 1. The van der Waals surface area contributed by atoms with Gasteiger partial charge < -0.3 is 15.0 Å². The van der Waals surface area contributed by atoms with Crippen LogP contribution in [0.25, 0.3) is 10.9 Å². The SMILES string of the molecule is CC[C@@H](CO)NCc1cn(Cc2ccc(F)cc2)c2ccccc12. The van der Waals surface area contributed by atoms with E-state index < -0.39 is 0 Å². The summed E-state index contributed by atoms with van der Waals surface area (Å²) in [5.41, 5.74) is 3.44. The largest absolute Gasteiger partial charge is 0.395 e. The van der Waals surface area contributed by atoms with Crippen LogP contribution in [0.2, 0.25) is 0 Å². The van der Waals surface area contributed by atoms with E-state index in [0.29, 0.717) is 6.54 Å². The van der Waals surface area contributed by atoms with Crippen LogP contribution in [0.1, 0.15) is 24.5 Å². The lowest BCUT2D eigenvalue weighted by atomic mass is 10.1. The molecule has 4 heteroatoms. The first-order valence-corrected chi connectivity index (χ1v) is 8.36. The molecule has 1 aromatic heterocycles. The van der Waals surface area contributed by atoms with E-state index >= 15 is 0 Å². The molecule has 0 amide bonds. The van der Waals surface area contributed by atoms with E-state index in [2.05, 4.69) is 35.1 Å². The van der Waals surface area contributed by atoms with E-state index in [0.717, 1.165) is 24.0 Å². The third kappa shape index (κ3) is 3.66. The summed E-state index contributed by atoms with van der Waals surface area (Å²) < 4.78 is 15.3. The Bertz CT molecular complexity index is 791. The third-order valence-electron chi connectivity index (χ3n) is 4.43. The van der Waals surface area contributed by atoms with E-state index in [-0.39, 0.29) is 18.5 Å². The second-order valence-corrected chi connectivity index (χ2v) is 6.09. The van der Waals surface area contributed by atoms with E-state index in [9.17, 15) is 9.50 Å². The van der Waals surface area contributed by atoms with Crippen molar-refractivity contribution in [3.8, 4) is 0 Å². The molecule has 3 rings (SSSR count). The fourth-order valence-corrected chi connectivity index (χ4v) is 2.97. The maximum Gasteiger partial charge on any atom is 0.123 e. The minimum Gasteiger partial charge on any atom is -0.395 e. The molecule has 0 aliphatic heterocycles. The number of nitrogens with one attached hydrogen (secondary N) is 1. The van der Waals surface area contributed by atoms with Crippen molar-refractivity contribution in [2.45, 2.75) is 32.5 Å². The number of nitrogens with zero attached hydrogens (tertiary/aromatic N) is 1. The van der Waals surface area contributed by atoms with Crippen LogP contribution in [0.15, 0.2) is 54.7 Å². The number of para-hydroxylation sites is 1. The van der Waals surface area contributed by atoms with Gasteiger partial charge in [-0.3, -0.25) is 0 Å². The predicted octanol–water partition coefficient (Wildman–Crippen LogP) is 3.69. The fraction of sp³-hybridized carbons (Fsp3) is 0.300. The Balaban J connectivity index is 1.87. The van der Waals surface area contributed by atoms with Gasteiger partial charge in [-0.1, -0.05) is 37.3 Å². The summed E-state index contributed by atoms with van der Waals surface area (Å²) in [6.07, 6.45) is 3.04. The van der Waals surface area contributed by atoms with Gasteiger partial charge in [0.2, 0.25) is 0 Å². The van der Waals surface area contributed by atoms with E-state index in [1.54, 1.807) is 0 Å². The number of aromatic nitrogens is 1. The van der Waals surface area contributed by atoms with Crippen LogP contribution in [0.4, 0.5) is 4.39 Å². The van der Waals surface area contributed by atoms with Gasteiger partial charge in [0, 0.05) is 36.2 Å². The zero-order chi connectivity index (χ0) is 16.9. The highest BCUT2D eigenvalue weighted by Crippen LogP contribution is 2.22. The fourth-order valence-electron chi connectivity index (χ4n) is 2.97. The summed E-state index contributed by atoms with van der Waals surface area (Å²) in [6.45, 7) is 3.63. The molecule has 1 heterocycles. The molecule has 2 N–H and O–H groups in total. The number of hydrogen-bond acceptors (Lipinski definition) is 2. The van der Waals surface area contributed by atoms with Gasteiger partial charge >= 0.3 is 0 Å². The molecule has 0 radical (unpaired) electrons. The van der Waals surface area contributed by atoms with Gasteiger partial charge in [-0.15, -0.1) is 0 Å². The number of hydrogen-bond donors (Lipinski definition) is 2. The average molecular weight is 326 g/mol. The molecule has 0 fully saturated rings. The Kier molecular flexibility index (Phi) is 5.28. The summed E-state index contributed by atoms with van der Waals surface area (Å²) >= 11 is 0. The Hall–Kier alpha value is -2.17. The maximum atomic E-state index is 13.1. The minimum atomic E-state index is -0.212. The van der Waals surface area contributed by atoms with Crippen LogP contribution in [-0.4, -0.2) is 22.3 Å². The highest BCUT2D eigenvalue weighted by atomic mass is 19.1. The zero-order valence-corrected chi connectivity index (χ0v) is 13.9. The molecule has 126 valence electrons. The lowest BCUT2D eigenvalue weighted by molar-refractivity contribution is 0.238. The quantitative estimate of drug-likeness (QED) is 0.695. The minimum absolute atomic E-state index is 0.115. The van der Waals surface area contributed by atoms with E-state index in [1.165, 1.54) is 23.1 Å². The smallest absolute Gasteiger partial charge is 0.123 e. The Morgan fingerprint density at radius 1 is 1.12 bits per heavy atom. The molecule has 0 aliphatic carbocycles. The van der Waals surface area contributed by atoms with Gasteiger partial charge in [-0.25, -0.2) is 4.39 Å². The number of aliphatic hydroxyl groups is 1. The Labute approximate surface area is 141 Å². The molecule has 0 bridgehead atoms. The predicted molar refractivity (Wildman–Crippen MR) is 95.4 cm³/mol. The van der Waals surface area contributed by atoms with Crippen molar-refractivity contribution >= 4 is 10.9 Å². The van der Waals surface area contributed by atoms with Crippen molar-refractivity contribution in [1.82, 2.24) is 9.88 Å². The molecule has 3 aromatic rings.